The van der Waals surface area contributed by atoms with Crippen LogP contribution in [0.3, 0.4) is 0 Å². The molecule has 6 aromatic rings. The third-order valence-corrected chi connectivity index (χ3v) is 12.0. The molecule has 14 heteroatoms. The number of hydrogen-bond donors (Lipinski definition) is 5. The second-order valence-electron chi connectivity index (χ2n) is 16.1. The van der Waals surface area contributed by atoms with Gasteiger partial charge in [-0.1, -0.05) is 92.7 Å². The van der Waals surface area contributed by atoms with Crippen molar-refractivity contribution in [2.75, 3.05) is 27.3 Å². The fourth-order valence-electron chi connectivity index (χ4n) is 8.72. The minimum absolute atomic E-state index is 0.00849. The van der Waals surface area contributed by atoms with Gasteiger partial charge in [-0.2, -0.15) is 0 Å². The number of ether oxygens (including phenoxy) is 2. The first-order valence-electron chi connectivity index (χ1n) is 20.8. The fourth-order valence-corrected chi connectivity index (χ4v) is 8.72. The Morgan fingerprint density at radius 1 is 0.705 bits per heavy atom. The number of likely N-dealkylation sites (tertiary alicyclic amines) is 2. The van der Waals surface area contributed by atoms with Crippen molar-refractivity contribution in [1.82, 2.24) is 40.4 Å². The van der Waals surface area contributed by atoms with Crippen LogP contribution >= 0.6 is 0 Å². The van der Waals surface area contributed by atoms with Crippen molar-refractivity contribution < 1.29 is 29.0 Å². The third kappa shape index (κ3) is 8.73. The van der Waals surface area contributed by atoms with Gasteiger partial charge in [0, 0.05) is 18.7 Å². The number of aliphatic hydroxyl groups excluding tert-OH is 1. The number of imidazole rings is 2. The Kier molecular flexibility index (Phi) is 12.2. The number of nitrogens with one attached hydrogen (secondary N) is 4. The minimum atomic E-state index is -0.893. The van der Waals surface area contributed by atoms with E-state index in [4.69, 9.17) is 19.4 Å². The number of methoxy groups -OCH3 is 2. The molecule has 2 aliphatic rings. The molecule has 4 aromatic carbocycles. The number of H-pyrrole nitrogens is 2. The standard InChI is InChI=1S/C47H52N8O6/c1-28(2)40(52-46(58)60-3)44(56)54-22-8-12-38(54)43-49-27-37(51-43)35-21-20-33-24-32(18-19-34(33)25-35)29-14-16-30(17-15-29)36-26-48-42(50-36)39-13-9-23-55(39)45(57)41(53-47(59)61-4)31-10-6-5-7-11-31/h5-7,10-11,14-21,24-28,38-41,44,56H,8-9,12-13,22-23H2,1-4H3,(H,48,50)(H,49,51)(H,52,58)(H,53,59)/t38-,39-,40-,41?,44?/m0/s1. The monoisotopic (exact) mass is 824 g/mol. The predicted molar refractivity (Wildman–Crippen MR) is 232 cm³/mol. The van der Waals surface area contributed by atoms with Crippen LogP contribution in [0.1, 0.15) is 74.9 Å². The van der Waals surface area contributed by atoms with Crippen LogP contribution in [0.2, 0.25) is 0 Å². The van der Waals surface area contributed by atoms with Gasteiger partial charge < -0.3 is 40.1 Å². The molecule has 0 radical (unpaired) electrons. The Hall–Kier alpha value is -6.51. The molecule has 2 aromatic heterocycles. The maximum absolute atomic E-state index is 13.9. The summed E-state index contributed by atoms with van der Waals surface area (Å²) in [7, 11) is 2.61. The molecule has 0 aliphatic carbocycles. The Bertz CT molecular complexity index is 2480. The summed E-state index contributed by atoms with van der Waals surface area (Å²) in [5.41, 5.74) is 6.60. The lowest BCUT2D eigenvalue weighted by molar-refractivity contribution is -0.134. The highest BCUT2D eigenvalue weighted by molar-refractivity contribution is 5.91. The Labute approximate surface area is 354 Å². The van der Waals surface area contributed by atoms with E-state index in [1.807, 2.05) is 61.5 Å². The molecule has 2 unspecified atom stereocenters. The van der Waals surface area contributed by atoms with Crippen molar-refractivity contribution in [3.63, 3.8) is 0 Å². The van der Waals surface area contributed by atoms with Crippen LogP contribution in [0, 0.1) is 5.92 Å². The summed E-state index contributed by atoms with van der Waals surface area (Å²) in [6.07, 6.45) is 4.86. The molecule has 8 rings (SSSR count). The first-order chi connectivity index (χ1) is 29.6. The van der Waals surface area contributed by atoms with Crippen LogP contribution in [-0.2, 0) is 14.3 Å². The molecule has 2 fully saturated rings. The van der Waals surface area contributed by atoms with E-state index in [0.717, 1.165) is 75.9 Å². The van der Waals surface area contributed by atoms with E-state index in [-0.39, 0.29) is 23.9 Å². The number of hydrogen-bond acceptors (Lipinski definition) is 9. The highest BCUT2D eigenvalue weighted by Crippen LogP contribution is 2.37. The molecule has 61 heavy (non-hydrogen) atoms. The maximum Gasteiger partial charge on any atom is 0.407 e. The van der Waals surface area contributed by atoms with E-state index < -0.39 is 30.5 Å². The second-order valence-corrected chi connectivity index (χ2v) is 16.1. The zero-order chi connectivity index (χ0) is 42.6. The molecular weight excluding hydrogens is 773 g/mol. The average molecular weight is 825 g/mol. The quantitative estimate of drug-likeness (QED) is 0.0821. The predicted octanol–water partition coefficient (Wildman–Crippen LogP) is 7.88. The lowest BCUT2D eigenvalue weighted by Gasteiger charge is -2.35. The van der Waals surface area contributed by atoms with Crippen LogP contribution in [0.25, 0.3) is 44.4 Å². The molecule has 4 heterocycles. The molecule has 5 atom stereocenters. The van der Waals surface area contributed by atoms with Crippen molar-refractivity contribution in [2.45, 2.75) is 69.9 Å². The Morgan fingerprint density at radius 3 is 1.93 bits per heavy atom. The van der Waals surface area contributed by atoms with E-state index >= 15 is 0 Å². The van der Waals surface area contributed by atoms with Crippen molar-refractivity contribution in [2.24, 2.45) is 5.92 Å². The molecule has 14 nitrogen and oxygen atoms in total. The molecule has 2 saturated heterocycles. The topological polar surface area (TPSA) is 178 Å². The van der Waals surface area contributed by atoms with Gasteiger partial charge in [0.05, 0.1) is 56.1 Å². The van der Waals surface area contributed by atoms with Gasteiger partial charge in [-0.3, -0.25) is 9.69 Å². The summed E-state index contributed by atoms with van der Waals surface area (Å²) in [6.45, 7) is 5.18. The van der Waals surface area contributed by atoms with Crippen molar-refractivity contribution in [3.05, 3.63) is 121 Å². The SMILES string of the molecule is COC(=O)NC(C(=O)N1CCC[C@H]1c1ncc(-c2ccc(-c3ccc4cc(-c5cnc([C@@H]6CCCN6C(O)[C@@H](NC(=O)OC)C(C)C)[nH]5)ccc4c3)cc2)[nH]1)c1ccccc1. The summed E-state index contributed by atoms with van der Waals surface area (Å²) < 4.78 is 9.65. The van der Waals surface area contributed by atoms with Gasteiger partial charge in [0.15, 0.2) is 0 Å². The maximum atomic E-state index is 13.9. The van der Waals surface area contributed by atoms with E-state index in [0.29, 0.717) is 24.5 Å². The summed E-state index contributed by atoms with van der Waals surface area (Å²) in [6, 6.07) is 28.6. The van der Waals surface area contributed by atoms with Gasteiger partial charge in [0.25, 0.3) is 5.91 Å². The number of carbonyl (C=O) groups excluding carboxylic acids is 3. The first-order valence-corrected chi connectivity index (χ1v) is 20.8. The molecular formula is C47H52N8O6. The Morgan fingerprint density at radius 2 is 1.26 bits per heavy atom. The van der Waals surface area contributed by atoms with Gasteiger partial charge in [-0.05, 0) is 76.8 Å². The summed E-state index contributed by atoms with van der Waals surface area (Å²) in [5, 5.41) is 19.1. The van der Waals surface area contributed by atoms with Gasteiger partial charge in [0.1, 0.15) is 23.9 Å². The van der Waals surface area contributed by atoms with Crippen molar-refractivity contribution in [3.8, 4) is 33.6 Å². The first kappa shape index (κ1) is 41.2. The van der Waals surface area contributed by atoms with E-state index in [1.54, 1.807) is 4.90 Å². The minimum Gasteiger partial charge on any atom is -0.453 e. The van der Waals surface area contributed by atoms with Gasteiger partial charge in [0.2, 0.25) is 0 Å². The number of rotatable bonds is 12. The number of alkyl carbamates (subject to hydrolysis) is 2. The third-order valence-electron chi connectivity index (χ3n) is 12.0. The molecule has 3 amide bonds. The number of amides is 3. The Balaban J connectivity index is 0.941. The van der Waals surface area contributed by atoms with E-state index in [9.17, 15) is 19.5 Å². The number of aromatic amines is 2. The number of aromatic nitrogens is 4. The fraction of sp³-hybridized carbons (Fsp3) is 0.340. The molecule has 2 aliphatic heterocycles. The molecule has 0 saturated carbocycles. The van der Waals surface area contributed by atoms with Crippen LogP contribution in [0.5, 0.6) is 0 Å². The number of benzene rings is 4. The number of carbonyl (C=O) groups is 3. The smallest absolute Gasteiger partial charge is 0.407 e. The van der Waals surface area contributed by atoms with Gasteiger partial charge in [-0.25, -0.2) is 19.6 Å². The average Bonchev–Trinajstić information content (AvgIpc) is 4.14. The molecule has 5 N–H and O–H groups in total. The van der Waals surface area contributed by atoms with Gasteiger partial charge >= 0.3 is 12.2 Å². The largest absolute Gasteiger partial charge is 0.453 e. The molecule has 0 bridgehead atoms. The summed E-state index contributed by atoms with van der Waals surface area (Å²) >= 11 is 0. The van der Waals surface area contributed by atoms with Crippen molar-refractivity contribution in [1.29, 1.82) is 0 Å². The summed E-state index contributed by atoms with van der Waals surface area (Å²) in [4.78, 5) is 58.4. The van der Waals surface area contributed by atoms with Crippen LogP contribution in [0.15, 0.2) is 103 Å². The van der Waals surface area contributed by atoms with E-state index in [2.05, 4.69) is 81.3 Å². The van der Waals surface area contributed by atoms with Crippen LogP contribution in [0.4, 0.5) is 9.59 Å². The van der Waals surface area contributed by atoms with Gasteiger partial charge in [-0.15, -0.1) is 0 Å². The number of nitrogens with zero attached hydrogens (tertiary/aromatic N) is 4. The lowest BCUT2D eigenvalue weighted by Crippen LogP contribution is -2.54. The molecule has 0 spiro atoms. The highest BCUT2D eigenvalue weighted by Gasteiger charge is 2.39. The highest BCUT2D eigenvalue weighted by atomic mass is 16.5. The van der Waals surface area contributed by atoms with Crippen molar-refractivity contribution >= 4 is 28.9 Å². The van der Waals surface area contributed by atoms with Crippen LogP contribution < -0.4 is 10.6 Å². The number of aliphatic hydroxyl groups is 1. The molecule has 316 valence electrons. The normalized spacial score (nSPS) is 18.2. The lowest BCUT2D eigenvalue weighted by atomic mass is 9.98. The zero-order valence-electron chi connectivity index (χ0n) is 34.8. The summed E-state index contributed by atoms with van der Waals surface area (Å²) in [5.74, 6) is 1.28. The second kappa shape index (κ2) is 18.0. The van der Waals surface area contributed by atoms with Crippen LogP contribution in [-0.4, -0.2) is 92.5 Å². The number of fused-ring (bicyclic) bond motifs is 1. The zero-order valence-corrected chi connectivity index (χ0v) is 34.8. The van der Waals surface area contributed by atoms with E-state index in [1.165, 1.54) is 14.2 Å².